The van der Waals surface area contributed by atoms with Gasteiger partial charge in [-0.15, -0.1) is 0 Å². The van der Waals surface area contributed by atoms with Crippen molar-refractivity contribution in [2.24, 2.45) is 5.14 Å². The zero-order chi connectivity index (χ0) is 11.8. The molecule has 0 spiro atoms. The summed E-state index contributed by atoms with van der Waals surface area (Å²) in [7, 11) is -3.57. The molecular formula is C10H13ClN2O2S. The van der Waals surface area contributed by atoms with Gasteiger partial charge in [-0.25, -0.2) is 5.14 Å². The van der Waals surface area contributed by atoms with Crippen LogP contribution in [0, 0.1) is 0 Å². The molecule has 0 unspecified atom stereocenters. The van der Waals surface area contributed by atoms with Gasteiger partial charge in [0.15, 0.2) is 0 Å². The predicted octanol–water partition coefficient (Wildman–Crippen LogP) is 1.38. The molecule has 1 saturated carbocycles. The Balaban J connectivity index is 1.94. The average molecular weight is 261 g/mol. The fourth-order valence-corrected chi connectivity index (χ4v) is 2.83. The maximum Gasteiger partial charge on any atom is 0.274 e. The van der Waals surface area contributed by atoms with Gasteiger partial charge in [0.2, 0.25) is 0 Å². The average Bonchev–Trinajstić information content (AvgIpc) is 2.09. The van der Waals surface area contributed by atoms with Gasteiger partial charge in [0.1, 0.15) is 0 Å². The van der Waals surface area contributed by atoms with Crippen molar-refractivity contribution in [1.29, 1.82) is 0 Å². The van der Waals surface area contributed by atoms with Crippen molar-refractivity contribution in [3.8, 4) is 0 Å². The third kappa shape index (κ3) is 2.95. The molecule has 0 aliphatic heterocycles. The van der Waals surface area contributed by atoms with Gasteiger partial charge in [-0.05, 0) is 36.5 Å². The minimum Gasteiger partial charge on any atom is -0.216 e. The van der Waals surface area contributed by atoms with Gasteiger partial charge in [0, 0.05) is 11.1 Å². The Labute approximate surface area is 100.0 Å². The largest absolute Gasteiger partial charge is 0.274 e. The fourth-order valence-electron chi connectivity index (χ4n) is 1.98. The summed E-state index contributed by atoms with van der Waals surface area (Å²) in [6.45, 7) is 0. The summed E-state index contributed by atoms with van der Waals surface area (Å²) in [5.74, 6) is 0.373. The van der Waals surface area contributed by atoms with E-state index < -0.39 is 10.2 Å². The van der Waals surface area contributed by atoms with Gasteiger partial charge in [-0.1, -0.05) is 23.7 Å². The number of nitrogens with two attached hydrogens (primary N) is 1. The van der Waals surface area contributed by atoms with E-state index in [9.17, 15) is 8.42 Å². The fraction of sp³-hybridized carbons (Fsp3) is 0.400. The molecule has 2 rings (SSSR count). The molecule has 16 heavy (non-hydrogen) atoms. The molecule has 6 heteroatoms. The van der Waals surface area contributed by atoms with Crippen LogP contribution in [0.2, 0.25) is 5.02 Å². The highest BCUT2D eigenvalue weighted by Gasteiger charge is 2.32. The Bertz CT molecular complexity index is 483. The van der Waals surface area contributed by atoms with Crippen molar-refractivity contribution in [2.45, 2.75) is 24.8 Å². The third-order valence-electron chi connectivity index (χ3n) is 2.79. The Morgan fingerprint density at radius 2 is 2.06 bits per heavy atom. The van der Waals surface area contributed by atoms with E-state index in [1.807, 2.05) is 24.3 Å². The van der Waals surface area contributed by atoms with Crippen molar-refractivity contribution in [3.63, 3.8) is 0 Å². The molecule has 0 heterocycles. The zero-order valence-electron chi connectivity index (χ0n) is 8.56. The molecule has 1 aromatic carbocycles. The van der Waals surface area contributed by atoms with Crippen LogP contribution in [0.3, 0.4) is 0 Å². The van der Waals surface area contributed by atoms with Gasteiger partial charge in [0.05, 0.1) is 0 Å². The lowest BCUT2D eigenvalue weighted by molar-refractivity contribution is 0.326. The van der Waals surface area contributed by atoms with Crippen LogP contribution in [0.25, 0.3) is 0 Å². The maximum absolute atomic E-state index is 10.8. The predicted molar refractivity (Wildman–Crippen MR) is 63.5 cm³/mol. The summed E-state index contributed by atoms with van der Waals surface area (Å²) in [5.41, 5.74) is 1.15. The number of halogens is 1. The molecule has 0 atom stereocenters. The van der Waals surface area contributed by atoms with Crippen LogP contribution in [-0.4, -0.2) is 14.5 Å². The van der Waals surface area contributed by atoms with Crippen molar-refractivity contribution < 1.29 is 8.42 Å². The van der Waals surface area contributed by atoms with Crippen molar-refractivity contribution >= 4 is 21.8 Å². The minimum atomic E-state index is -3.57. The van der Waals surface area contributed by atoms with Crippen LogP contribution < -0.4 is 9.86 Å². The number of rotatable bonds is 3. The van der Waals surface area contributed by atoms with Crippen LogP contribution in [0.15, 0.2) is 24.3 Å². The Hall–Kier alpha value is -0.620. The molecule has 0 bridgehead atoms. The molecule has 4 nitrogen and oxygen atoms in total. The second-order valence-electron chi connectivity index (χ2n) is 4.08. The van der Waals surface area contributed by atoms with Crippen molar-refractivity contribution in [3.05, 3.63) is 34.9 Å². The number of benzene rings is 1. The van der Waals surface area contributed by atoms with Crippen LogP contribution in [-0.2, 0) is 10.2 Å². The summed E-state index contributed by atoms with van der Waals surface area (Å²) in [6.07, 6.45) is 1.55. The van der Waals surface area contributed by atoms with Crippen molar-refractivity contribution in [1.82, 2.24) is 4.72 Å². The number of hydrogen-bond acceptors (Lipinski definition) is 2. The van der Waals surface area contributed by atoms with E-state index in [1.54, 1.807) is 0 Å². The standard InChI is InChI=1S/C10H13ClN2O2S/c11-9-3-1-2-7(4-9)8-5-10(6-8)13-16(12,14)15/h1-4,8,10,13H,5-6H2,(H2,12,14,15). The van der Waals surface area contributed by atoms with Crippen LogP contribution >= 0.6 is 11.6 Å². The van der Waals surface area contributed by atoms with Crippen LogP contribution in [0.1, 0.15) is 24.3 Å². The van der Waals surface area contributed by atoms with E-state index >= 15 is 0 Å². The van der Waals surface area contributed by atoms with E-state index in [-0.39, 0.29) is 6.04 Å². The molecule has 0 radical (unpaired) electrons. The summed E-state index contributed by atoms with van der Waals surface area (Å²) < 4.78 is 23.9. The summed E-state index contributed by atoms with van der Waals surface area (Å²) >= 11 is 5.88. The van der Waals surface area contributed by atoms with Crippen LogP contribution in [0.4, 0.5) is 0 Å². The normalized spacial score (nSPS) is 25.1. The van der Waals surface area contributed by atoms with E-state index in [0.29, 0.717) is 10.9 Å². The van der Waals surface area contributed by atoms with Gasteiger partial charge in [-0.3, -0.25) is 0 Å². The topological polar surface area (TPSA) is 72.2 Å². The molecule has 1 aliphatic carbocycles. The molecule has 0 saturated heterocycles. The van der Waals surface area contributed by atoms with Gasteiger partial charge < -0.3 is 0 Å². The monoisotopic (exact) mass is 260 g/mol. The molecular weight excluding hydrogens is 248 g/mol. The van der Waals surface area contributed by atoms with Crippen molar-refractivity contribution in [2.75, 3.05) is 0 Å². The zero-order valence-corrected chi connectivity index (χ0v) is 10.1. The SMILES string of the molecule is NS(=O)(=O)NC1CC(c2cccc(Cl)c2)C1. The molecule has 88 valence electrons. The van der Waals surface area contributed by atoms with E-state index in [1.165, 1.54) is 0 Å². The Morgan fingerprint density at radius 3 is 2.62 bits per heavy atom. The first-order chi connectivity index (χ1) is 7.44. The minimum absolute atomic E-state index is 0.0426. The molecule has 1 aliphatic rings. The van der Waals surface area contributed by atoms with Crippen LogP contribution in [0.5, 0.6) is 0 Å². The highest BCUT2D eigenvalue weighted by molar-refractivity contribution is 7.87. The molecule has 1 aromatic rings. The lowest BCUT2D eigenvalue weighted by atomic mass is 9.76. The summed E-state index contributed by atoms with van der Waals surface area (Å²) in [6, 6.07) is 7.60. The Kier molecular flexibility index (Phi) is 3.21. The lowest BCUT2D eigenvalue weighted by Crippen LogP contribution is -2.46. The first kappa shape index (κ1) is 11.9. The highest BCUT2D eigenvalue weighted by atomic mass is 35.5. The Morgan fingerprint density at radius 1 is 1.38 bits per heavy atom. The smallest absolute Gasteiger partial charge is 0.216 e. The van der Waals surface area contributed by atoms with Gasteiger partial charge in [0.25, 0.3) is 10.2 Å². The number of hydrogen-bond donors (Lipinski definition) is 2. The number of nitrogens with one attached hydrogen (secondary N) is 1. The lowest BCUT2D eigenvalue weighted by Gasteiger charge is -2.35. The first-order valence-corrected chi connectivity index (χ1v) is 6.92. The van der Waals surface area contributed by atoms with E-state index in [0.717, 1.165) is 18.4 Å². The summed E-state index contributed by atoms with van der Waals surface area (Å²) in [4.78, 5) is 0. The third-order valence-corrected chi connectivity index (χ3v) is 3.69. The second kappa shape index (κ2) is 4.33. The molecule has 0 amide bonds. The second-order valence-corrected chi connectivity index (χ2v) is 5.85. The first-order valence-electron chi connectivity index (χ1n) is 4.99. The summed E-state index contributed by atoms with van der Waals surface area (Å²) in [5, 5.41) is 5.60. The van der Waals surface area contributed by atoms with E-state index in [2.05, 4.69) is 4.72 Å². The van der Waals surface area contributed by atoms with Gasteiger partial charge in [-0.2, -0.15) is 13.1 Å². The molecule has 0 aromatic heterocycles. The maximum atomic E-state index is 10.8. The molecule has 1 fully saturated rings. The quantitative estimate of drug-likeness (QED) is 0.862. The highest BCUT2D eigenvalue weighted by Crippen LogP contribution is 2.37. The van der Waals surface area contributed by atoms with Gasteiger partial charge >= 0.3 is 0 Å². The molecule has 3 N–H and O–H groups in total. The van der Waals surface area contributed by atoms with E-state index in [4.69, 9.17) is 16.7 Å².